The van der Waals surface area contributed by atoms with Crippen LogP contribution in [-0.2, 0) is 11.0 Å². The summed E-state index contributed by atoms with van der Waals surface area (Å²) in [6.07, 6.45) is 3.17. The van der Waals surface area contributed by atoms with Gasteiger partial charge in [-0.15, -0.1) is 0 Å². The number of anilines is 1. The standard InChI is InChI=1S/C24H28Cl3FN4O2S/c1-23(2,3)35(34)31-21-16(28)7-8-24(21)9-11-32(12-10-24)17-13-29-19(22(27)30-17)20(33)14-5-4-6-15(25)18(14)26/h4-6,13,16,21,31H,7-12H2,1-3H3. The highest BCUT2D eigenvalue weighted by atomic mass is 35.5. The molecular weight excluding hydrogens is 534 g/mol. The van der Waals surface area contributed by atoms with Gasteiger partial charge in [-0.1, -0.05) is 40.9 Å². The van der Waals surface area contributed by atoms with Crippen molar-refractivity contribution in [3.05, 3.63) is 50.9 Å². The second kappa shape index (κ2) is 10.2. The molecule has 0 amide bonds. The van der Waals surface area contributed by atoms with Crippen molar-refractivity contribution in [1.82, 2.24) is 14.7 Å². The molecule has 1 saturated carbocycles. The molecule has 190 valence electrons. The van der Waals surface area contributed by atoms with Gasteiger partial charge in [0.1, 0.15) is 17.7 Å². The van der Waals surface area contributed by atoms with Crippen molar-refractivity contribution in [2.24, 2.45) is 5.41 Å². The van der Waals surface area contributed by atoms with Gasteiger partial charge < -0.3 is 4.90 Å². The van der Waals surface area contributed by atoms with Crippen molar-refractivity contribution in [2.45, 2.75) is 63.4 Å². The van der Waals surface area contributed by atoms with E-state index in [2.05, 4.69) is 14.7 Å². The Morgan fingerprint density at radius 3 is 2.51 bits per heavy atom. The third-order valence-electron chi connectivity index (χ3n) is 6.94. The maximum atomic E-state index is 14.9. The molecule has 2 heterocycles. The smallest absolute Gasteiger partial charge is 0.216 e. The Bertz CT molecular complexity index is 1150. The highest BCUT2D eigenvalue weighted by Crippen LogP contribution is 2.48. The largest absolute Gasteiger partial charge is 0.355 e. The van der Waals surface area contributed by atoms with Gasteiger partial charge in [-0.05, 0) is 64.0 Å². The summed E-state index contributed by atoms with van der Waals surface area (Å²) in [5, 5.41) is 0.386. The van der Waals surface area contributed by atoms with Gasteiger partial charge in [-0.3, -0.25) is 4.79 Å². The number of nitrogens with zero attached hydrogens (tertiary/aromatic N) is 3. The first kappa shape index (κ1) is 26.7. The maximum absolute atomic E-state index is 14.9. The lowest BCUT2D eigenvalue weighted by atomic mass is 9.74. The lowest BCUT2D eigenvalue weighted by Crippen LogP contribution is -2.54. The van der Waals surface area contributed by atoms with Crippen LogP contribution in [0.5, 0.6) is 0 Å². The number of halogens is 4. The number of piperidine rings is 1. The summed E-state index contributed by atoms with van der Waals surface area (Å²) in [7, 11) is -1.34. The van der Waals surface area contributed by atoms with Crippen LogP contribution in [0.2, 0.25) is 15.2 Å². The van der Waals surface area contributed by atoms with E-state index in [0.717, 1.165) is 19.3 Å². The second-order valence-electron chi connectivity index (χ2n) is 10.2. The molecule has 11 heteroatoms. The van der Waals surface area contributed by atoms with E-state index in [1.54, 1.807) is 18.2 Å². The van der Waals surface area contributed by atoms with E-state index in [9.17, 15) is 13.4 Å². The van der Waals surface area contributed by atoms with Crippen LogP contribution < -0.4 is 9.62 Å². The molecule has 1 saturated heterocycles. The van der Waals surface area contributed by atoms with Crippen LogP contribution in [-0.4, -0.2) is 50.0 Å². The molecule has 35 heavy (non-hydrogen) atoms. The quantitative estimate of drug-likeness (QED) is 0.467. The molecule has 1 spiro atoms. The fourth-order valence-corrected chi connectivity index (χ4v) is 6.42. The Morgan fingerprint density at radius 2 is 1.89 bits per heavy atom. The molecule has 2 aliphatic rings. The highest BCUT2D eigenvalue weighted by molar-refractivity contribution is 7.84. The van der Waals surface area contributed by atoms with Crippen LogP contribution in [0.1, 0.15) is 62.5 Å². The number of hydrogen-bond donors (Lipinski definition) is 1. The van der Waals surface area contributed by atoms with Crippen molar-refractivity contribution in [3.63, 3.8) is 0 Å². The number of carbonyl (C=O) groups is 1. The lowest BCUT2D eigenvalue weighted by Gasteiger charge is -2.44. The summed E-state index contributed by atoms with van der Waals surface area (Å²) in [5.74, 6) is 0.0935. The van der Waals surface area contributed by atoms with Crippen LogP contribution >= 0.6 is 34.8 Å². The van der Waals surface area contributed by atoms with Gasteiger partial charge in [0, 0.05) is 18.7 Å². The van der Waals surface area contributed by atoms with E-state index < -0.39 is 33.7 Å². The molecule has 4 rings (SSSR count). The van der Waals surface area contributed by atoms with Gasteiger partial charge >= 0.3 is 0 Å². The molecular formula is C24H28Cl3FN4O2S. The zero-order valence-corrected chi connectivity index (χ0v) is 22.9. The average Bonchev–Trinajstić information content (AvgIpc) is 3.10. The number of rotatable bonds is 5. The summed E-state index contributed by atoms with van der Waals surface area (Å²) in [5.41, 5.74) is -0.0536. The van der Waals surface area contributed by atoms with Gasteiger partial charge in [0.05, 0.1) is 38.0 Å². The van der Waals surface area contributed by atoms with E-state index in [0.29, 0.717) is 25.3 Å². The number of hydrogen-bond acceptors (Lipinski definition) is 5. The minimum absolute atomic E-state index is 0.00180. The monoisotopic (exact) mass is 560 g/mol. The lowest BCUT2D eigenvalue weighted by molar-refractivity contribution is 0.103. The zero-order valence-electron chi connectivity index (χ0n) is 19.8. The Labute approximate surface area is 222 Å². The minimum Gasteiger partial charge on any atom is -0.355 e. The molecule has 1 N–H and O–H groups in total. The first-order valence-corrected chi connectivity index (χ1v) is 13.8. The minimum atomic E-state index is -1.34. The molecule has 0 radical (unpaired) electrons. The predicted molar refractivity (Wildman–Crippen MR) is 140 cm³/mol. The maximum Gasteiger partial charge on any atom is 0.216 e. The van der Waals surface area contributed by atoms with E-state index in [1.807, 2.05) is 25.7 Å². The number of ketones is 1. The normalized spacial score (nSPS) is 23.0. The van der Waals surface area contributed by atoms with Crippen LogP contribution in [0.3, 0.4) is 0 Å². The van der Waals surface area contributed by atoms with Crippen molar-refractivity contribution in [3.8, 4) is 0 Å². The van der Waals surface area contributed by atoms with Crippen LogP contribution in [0.4, 0.5) is 10.2 Å². The molecule has 1 aromatic carbocycles. The zero-order chi connectivity index (χ0) is 25.5. The summed E-state index contributed by atoms with van der Waals surface area (Å²) in [6.45, 7) is 6.90. The first-order chi connectivity index (χ1) is 16.4. The number of alkyl halides is 1. The molecule has 1 aliphatic heterocycles. The molecule has 0 bridgehead atoms. The fraction of sp³-hybridized carbons (Fsp3) is 0.542. The fourth-order valence-electron chi connectivity index (χ4n) is 4.83. The van der Waals surface area contributed by atoms with E-state index in [-0.39, 0.29) is 31.9 Å². The number of carbonyl (C=O) groups excluding carboxylic acids is 1. The van der Waals surface area contributed by atoms with Gasteiger partial charge in [-0.2, -0.15) is 0 Å². The highest BCUT2D eigenvalue weighted by Gasteiger charge is 2.51. The van der Waals surface area contributed by atoms with Crippen molar-refractivity contribution < 1.29 is 13.4 Å². The molecule has 1 aromatic heterocycles. The third-order valence-corrected chi connectivity index (χ3v) is 9.60. The molecule has 2 fully saturated rings. The number of benzene rings is 1. The molecule has 2 aromatic rings. The topological polar surface area (TPSA) is 75.2 Å². The van der Waals surface area contributed by atoms with Crippen molar-refractivity contribution in [2.75, 3.05) is 18.0 Å². The van der Waals surface area contributed by atoms with Gasteiger partial charge in [0.15, 0.2) is 5.15 Å². The summed E-state index contributed by atoms with van der Waals surface area (Å²) in [4.78, 5) is 23.6. The van der Waals surface area contributed by atoms with E-state index in [4.69, 9.17) is 34.8 Å². The van der Waals surface area contributed by atoms with Crippen molar-refractivity contribution in [1.29, 1.82) is 0 Å². The second-order valence-corrected chi connectivity index (χ2v) is 13.3. The number of aromatic nitrogens is 2. The molecule has 3 atom stereocenters. The van der Waals surface area contributed by atoms with Crippen LogP contribution in [0.25, 0.3) is 0 Å². The number of nitrogens with one attached hydrogen (secondary N) is 1. The Morgan fingerprint density at radius 1 is 1.20 bits per heavy atom. The van der Waals surface area contributed by atoms with E-state index >= 15 is 0 Å². The van der Waals surface area contributed by atoms with Gasteiger partial charge in [0.25, 0.3) is 0 Å². The summed E-state index contributed by atoms with van der Waals surface area (Å²) >= 11 is 18.6. The third kappa shape index (κ3) is 5.37. The van der Waals surface area contributed by atoms with Gasteiger partial charge in [0.2, 0.25) is 5.78 Å². The Balaban J connectivity index is 1.48. The summed E-state index contributed by atoms with van der Waals surface area (Å²) < 4.78 is 30.2. The Hall–Kier alpha value is -1.32. The van der Waals surface area contributed by atoms with E-state index in [1.165, 1.54) is 6.20 Å². The SMILES string of the molecule is CC(C)(C)S(=O)NC1C(F)CCC12CCN(c1cnc(C(=O)c3cccc(Cl)c3Cl)c(Cl)n1)CC2. The van der Waals surface area contributed by atoms with Gasteiger partial charge in [-0.25, -0.2) is 23.3 Å². The molecule has 6 nitrogen and oxygen atoms in total. The molecule has 1 aliphatic carbocycles. The Kier molecular flexibility index (Phi) is 7.80. The van der Waals surface area contributed by atoms with Crippen molar-refractivity contribution >= 4 is 57.4 Å². The van der Waals surface area contributed by atoms with Crippen LogP contribution in [0.15, 0.2) is 24.4 Å². The predicted octanol–water partition coefficient (Wildman–Crippen LogP) is 5.81. The first-order valence-electron chi connectivity index (χ1n) is 11.5. The molecule has 3 unspecified atom stereocenters. The van der Waals surface area contributed by atoms with Crippen LogP contribution in [0, 0.1) is 5.41 Å². The average molecular weight is 562 g/mol. The summed E-state index contributed by atoms with van der Waals surface area (Å²) in [6, 6.07) is 4.34.